The topological polar surface area (TPSA) is 52.5 Å². The molecule has 0 amide bonds. The summed E-state index contributed by atoms with van der Waals surface area (Å²) >= 11 is 0. The van der Waals surface area contributed by atoms with Crippen LogP contribution >= 0.6 is 0 Å². The van der Waals surface area contributed by atoms with Gasteiger partial charge in [-0.2, -0.15) is 0 Å². The molecule has 1 aromatic heterocycles. The molecule has 1 fully saturated rings. The molecule has 27 heavy (non-hydrogen) atoms. The van der Waals surface area contributed by atoms with Gasteiger partial charge in [-0.3, -0.25) is 4.90 Å². The van der Waals surface area contributed by atoms with Crippen LogP contribution in [0.5, 0.6) is 0 Å². The second-order valence-electron chi connectivity index (χ2n) is 8.34. The van der Waals surface area contributed by atoms with Gasteiger partial charge in [0.15, 0.2) is 0 Å². The van der Waals surface area contributed by atoms with E-state index in [1.807, 2.05) is 20.8 Å². The van der Waals surface area contributed by atoms with E-state index < -0.39 is 5.60 Å². The third kappa shape index (κ3) is 5.05. The van der Waals surface area contributed by atoms with E-state index in [-0.39, 0.29) is 0 Å². The smallest absolute Gasteiger partial charge is 0.136 e. The highest BCUT2D eigenvalue weighted by molar-refractivity contribution is 5.52. The summed E-state index contributed by atoms with van der Waals surface area (Å²) in [6, 6.07) is 8.54. The number of benzene rings is 1. The van der Waals surface area contributed by atoms with Gasteiger partial charge in [0.2, 0.25) is 0 Å². The van der Waals surface area contributed by atoms with Crippen molar-refractivity contribution >= 4 is 5.82 Å². The van der Waals surface area contributed by atoms with Crippen LogP contribution < -0.4 is 4.90 Å². The van der Waals surface area contributed by atoms with Crippen LogP contribution in [-0.4, -0.2) is 58.3 Å². The molecule has 2 aromatic rings. The van der Waals surface area contributed by atoms with Crippen molar-refractivity contribution in [3.8, 4) is 0 Å². The van der Waals surface area contributed by atoms with Crippen molar-refractivity contribution in [3.05, 3.63) is 52.5 Å². The van der Waals surface area contributed by atoms with E-state index in [1.54, 1.807) is 0 Å². The molecule has 146 valence electrons. The number of aliphatic hydroxyl groups is 1. The monoisotopic (exact) mass is 368 g/mol. The highest BCUT2D eigenvalue weighted by atomic mass is 16.3. The molecule has 0 bridgehead atoms. The maximum Gasteiger partial charge on any atom is 0.136 e. The Balaban J connectivity index is 1.82. The Morgan fingerprint density at radius 2 is 1.67 bits per heavy atom. The molecule has 3 rings (SSSR count). The molecule has 1 aromatic carbocycles. The zero-order chi connectivity index (χ0) is 19.6. The van der Waals surface area contributed by atoms with Crippen LogP contribution in [0.3, 0.4) is 0 Å². The van der Waals surface area contributed by atoms with E-state index in [2.05, 4.69) is 52.9 Å². The second-order valence-corrected chi connectivity index (χ2v) is 8.34. The average molecular weight is 369 g/mol. The highest BCUT2D eigenvalue weighted by Crippen LogP contribution is 2.26. The molecule has 5 heteroatoms. The number of piperazine rings is 1. The number of nitrogens with zero attached hydrogens (tertiary/aromatic N) is 4. The van der Waals surface area contributed by atoms with Gasteiger partial charge in [0.1, 0.15) is 11.6 Å². The van der Waals surface area contributed by atoms with Gasteiger partial charge in [-0.1, -0.05) is 24.3 Å². The SMILES string of the molecule is Cc1nc(C)c(Cc2ccccc2C)c(N2CCN(CC(C)(C)O)CC2)n1. The number of rotatable bonds is 5. The third-order valence-electron chi connectivity index (χ3n) is 5.21. The van der Waals surface area contributed by atoms with Crippen molar-refractivity contribution in [2.45, 2.75) is 46.6 Å². The fraction of sp³-hybridized carbons (Fsp3) is 0.545. The zero-order valence-corrected chi connectivity index (χ0v) is 17.3. The highest BCUT2D eigenvalue weighted by Gasteiger charge is 2.25. The quantitative estimate of drug-likeness (QED) is 0.879. The van der Waals surface area contributed by atoms with Crippen molar-refractivity contribution in [2.24, 2.45) is 0 Å². The van der Waals surface area contributed by atoms with Gasteiger partial charge >= 0.3 is 0 Å². The van der Waals surface area contributed by atoms with Gasteiger partial charge < -0.3 is 10.0 Å². The van der Waals surface area contributed by atoms with Gasteiger partial charge in [-0.15, -0.1) is 0 Å². The zero-order valence-electron chi connectivity index (χ0n) is 17.3. The minimum atomic E-state index is -0.653. The maximum absolute atomic E-state index is 10.1. The van der Waals surface area contributed by atoms with Crippen LogP contribution in [0, 0.1) is 20.8 Å². The van der Waals surface area contributed by atoms with E-state index in [1.165, 1.54) is 16.7 Å². The second kappa shape index (κ2) is 7.95. The first-order valence-electron chi connectivity index (χ1n) is 9.81. The van der Waals surface area contributed by atoms with Crippen LogP contribution in [0.25, 0.3) is 0 Å². The number of aromatic nitrogens is 2. The van der Waals surface area contributed by atoms with Gasteiger partial charge in [-0.25, -0.2) is 9.97 Å². The molecular formula is C22H32N4O. The Kier molecular flexibility index (Phi) is 5.82. The van der Waals surface area contributed by atoms with Crippen LogP contribution in [-0.2, 0) is 6.42 Å². The Morgan fingerprint density at radius 1 is 1.00 bits per heavy atom. The fourth-order valence-corrected chi connectivity index (χ4v) is 3.85. The van der Waals surface area contributed by atoms with E-state index in [9.17, 15) is 5.11 Å². The molecule has 0 unspecified atom stereocenters. The molecule has 1 N–H and O–H groups in total. The number of β-amino-alcohol motifs (C(OH)–C–C–N with tert-alkyl or cyclic N) is 1. The lowest BCUT2D eigenvalue weighted by Crippen LogP contribution is -2.51. The van der Waals surface area contributed by atoms with Crippen LogP contribution in [0.2, 0.25) is 0 Å². The summed E-state index contributed by atoms with van der Waals surface area (Å²) in [4.78, 5) is 14.2. The molecule has 5 nitrogen and oxygen atoms in total. The summed E-state index contributed by atoms with van der Waals surface area (Å²) < 4.78 is 0. The van der Waals surface area contributed by atoms with Crippen molar-refractivity contribution in [1.82, 2.24) is 14.9 Å². The normalized spacial score (nSPS) is 16.0. The first kappa shape index (κ1) is 19.8. The Bertz CT molecular complexity index is 789. The average Bonchev–Trinajstić information content (AvgIpc) is 2.58. The Labute approximate surface area is 163 Å². The lowest BCUT2D eigenvalue weighted by Gasteiger charge is -2.38. The molecule has 0 radical (unpaired) electrons. The van der Waals surface area contributed by atoms with Gasteiger partial charge in [0.25, 0.3) is 0 Å². The number of aryl methyl sites for hydroxylation is 3. The minimum Gasteiger partial charge on any atom is -0.389 e. The summed E-state index contributed by atoms with van der Waals surface area (Å²) in [6.07, 6.45) is 0.859. The van der Waals surface area contributed by atoms with Gasteiger partial charge in [0.05, 0.1) is 5.60 Å². The summed E-state index contributed by atoms with van der Waals surface area (Å²) in [6.45, 7) is 14.4. The van der Waals surface area contributed by atoms with E-state index in [0.29, 0.717) is 6.54 Å². The molecule has 2 heterocycles. The predicted molar refractivity (Wildman–Crippen MR) is 110 cm³/mol. The molecule has 1 aliphatic rings. The van der Waals surface area contributed by atoms with Crippen molar-refractivity contribution in [2.75, 3.05) is 37.6 Å². The first-order valence-corrected chi connectivity index (χ1v) is 9.81. The van der Waals surface area contributed by atoms with Crippen molar-refractivity contribution in [3.63, 3.8) is 0 Å². The molecule has 0 spiro atoms. The van der Waals surface area contributed by atoms with Crippen LogP contribution in [0.15, 0.2) is 24.3 Å². The molecule has 1 aliphatic heterocycles. The van der Waals surface area contributed by atoms with Crippen molar-refractivity contribution < 1.29 is 5.11 Å². The summed E-state index contributed by atoms with van der Waals surface area (Å²) in [5, 5.41) is 10.1. The standard InChI is InChI=1S/C22H32N4O/c1-16-8-6-7-9-19(16)14-20-17(2)23-18(3)24-21(20)26-12-10-25(11-13-26)15-22(4,5)27/h6-9,27H,10-15H2,1-5H3. The number of anilines is 1. The Hall–Kier alpha value is -1.98. The fourth-order valence-electron chi connectivity index (χ4n) is 3.85. The predicted octanol–water partition coefficient (Wildman–Crippen LogP) is 2.89. The van der Waals surface area contributed by atoms with E-state index in [4.69, 9.17) is 4.98 Å². The lowest BCUT2D eigenvalue weighted by atomic mass is 9.99. The molecule has 0 aliphatic carbocycles. The molecular weight excluding hydrogens is 336 g/mol. The number of hydrogen-bond acceptors (Lipinski definition) is 5. The summed E-state index contributed by atoms with van der Waals surface area (Å²) in [5.41, 5.74) is 4.28. The maximum atomic E-state index is 10.1. The third-order valence-corrected chi connectivity index (χ3v) is 5.21. The van der Waals surface area contributed by atoms with Crippen LogP contribution in [0.4, 0.5) is 5.82 Å². The summed E-state index contributed by atoms with van der Waals surface area (Å²) in [7, 11) is 0. The molecule has 1 saturated heterocycles. The van der Waals surface area contributed by atoms with E-state index in [0.717, 1.165) is 49.9 Å². The van der Waals surface area contributed by atoms with Gasteiger partial charge in [-0.05, 0) is 45.7 Å². The molecule has 0 saturated carbocycles. The molecule has 0 atom stereocenters. The minimum absolute atomic E-state index is 0.653. The first-order chi connectivity index (χ1) is 12.7. The van der Waals surface area contributed by atoms with Crippen molar-refractivity contribution in [1.29, 1.82) is 0 Å². The summed E-state index contributed by atoms with van der Waals surface area (Å²) in [5.74, 6) is 1.90. The van der Waals surface area contributed by atoms with E-state index >= 15 is 0 Å². The Morgan fingerprint density at radius 3 is 2.30 bits per heavy atom. The number of hydrogen-bond donors (Lipinski definition) is 1. The van der Waals surface area contributed by atoms with Gasteiger partial charge in [0, 0.05) is 50.4 Å². The largest absolute Gasteiger partial charge is 0.389 e. The van der Waals surface area contributed by atoms with Crippen LogP contribution in [0.1, 0.15) is 42.1 Å². The lowest BCUT2D eigenvalue weighted by molar-refractivity contribution is 0.0344.